The number of hydrogen-bond donors (Lipinski definition) is 2. The van der Waals surface area contributed by atoms with Crippen LogP contribution in [0.5, 0.6) is 0 Å². The van der Waals surface area contributed by atoms with Gasteiger partial charge in [-0.25, -0.2) is 4.98 Å². The van der Waals surface area contributed by atoms with Crippen molar-refractivity contribution in [2.45, 2.75) is 50.2 Å². The number of aromatic nitrogens is 2. The third kappa shape index (κ3) is 4.84. The molecule has 2 amide bonds. The van der Waals surface area contributed by atoms with Crippen molar-refractivity contribution < 1.29 is 9.59 Å². The Bertz CT molecular complexity index is 1060. The fourth-order valence-corrected chi connectivity index (χ4v) is 4.90. The number of anilines is 2. The summed E-state index contributed by atoms with van der Waals surface area (Å²) in [5, 5.41) is 6.54. The summed E-state index contributed by atoms with van der Waals surface area (Å²) in [6.45, 7) is 1.46. The molecular weight excluding hydrogens is 396 g/mol. The number of amides is 2. The molecule has 3 aromatic rings. The zero-order valence-corrected chi connectivity index (χ0v) is 17.9. The molecular formula is C23H26N4O2S. The molecule has 0 saturated heterocycles. The minimum atomic E-state index is -0.143. The third-order valence-corrected chi connectivity index (χ3v) is 6.26. The lowest BCUT2D eigenvalue weighted by Gasteiger charge is -2.25. The lowest BCUT2D eigenvalue weighted by atomic mass is 9.95. The number of hydrogen-bond acceptors (Lipinski definition) is 4. The van der Waals surface area contributed by atoms with E-state index in [1.807, 2.05) is 24.3 Å². The summed E-state index contributed by atoms with van der Waals surface area (Å²) >= 11 is 1.48. The molecule has 2 aromatic carbocycles. The van der Waals surface area contributed by atoms with Gasteiger partial charge in [-0.3, -0.25) is 9.59 Å². The van der Waals surface area contributed by atoms with Crippen molar-refractivity contribution in [3.63, 3.8) is 0 Å². The Labute approximate surface area is 180 Å². The van der Waals surface area contributed by atoms with Crippen LogP contribution in [-0.4, -0.2) is 27.1 Å². The average molecular weight is 423 g/mol. The summed E-state index contributed by atoms with van der Waals surface area (Å²) in [5.74, 6) is 0.0401. The van der Waals surface area contributed by atoms with E-state index >= 15 is 0 Å². The van der Waals surface area contributed by atoms with E-state index in [0.717, 1.165) is 29.0 Å². The zero-order chi connectivity index (χ0) is 20.9. The zero-order valence-electron chi connectivity index (χ0n) is 17.1. The van der Waals surface area contributed by atoms with Gasteiger partial charge >= 0.3 is 0 Å². The number of carbonyl (C=O) groups is 2. The van der Waals surface area contributed by atoms with Crippen molar-refractivity contribution in [2.75, 3.05) is 16.4 Å². The predicted molar refractivity (Wildman–Crippen MR) is 122 cm³/mol. The monoisotopic (exact) mass is 422 g/mol. The second kappa shape index (κ2) is 9.34. The molecule has 0 bridgehead atoms. The fourth-order valence-electron chi connectivity index (χ4n) is 4.02. The van der Waals surface area contributed by atoms with Crippen molar-refractivity contribution in [3.8, 4) is 0 Å². The Morgan fingerprint density at radius 2 is 1.77 bits per heavy atom. The molecule has 156 valence electrons. The molecule has 2 N–H and O–H groups in total. The van der Waals surface area contributed by atoms with E-state index in [2.05, 4.69) is 21.3 Å². The van der Waals surface area contributed by atoms with Gasteiger partial charge in [0.2, 0.25) is 11.8 Å². The van der Waals surface area contributed by atoms with Gasteiger partial charge in [-0.1, -0.05) is 49.2 Å². The Balaban J connectivity index is 1.47. The number of benzene rings is 2. The first-order valence-corrected chi connectivity index (χ1v) is 11.4. The molecule has 0 unspecified atom stereocenters. The molecule has 0 aliphatic heterocycles. The van der Waals surface area contributed by atoms with Crippen molar-refractivity contribution >= 4 is 46.0 Å². The van der Waals surface area contributed by atoms with E-state index < -0.39 is 0 Å². The van der Waals surface area contributed by atoms with Gasteiger partial charge in [0.1, 0.15) is 0 Å². The number of fused-ring (bicyclic) bond motifs is 1. The summed E-state index contributed by atoms with van der Waals surface area (Å²) in [4.78, 5) is 28.6. The molecule has 7 heteroatoms. The van der Waals surface area contributed by atoms with Gasteiger partial charge in [0.25, 0.3) is 0 Å². The molecule has 1 aliphatic rings. The number of nitrogens with zero attached hydrogens (tertiary/aromatic N) is 2. The largest absolute Gasteiger partial charge is 0.326 e. The minimum Gasteiger partial charge on any atom is -0.326 e. The smallest absolute Gasteiger partial charge is 0.234 e. The first-order chi connectivity index (χ1) is 14.6. The number of carbonyl (C=O) groups excluding carboxylic acids is 2. The van der Waals surface area contributed by atoms with Crippen LogP contribution in [0.3, 0.4) is 0 Å². The summed E-state index contributed by atoms with van der Waals surface area (Å²) in [6, 6.07) is 15.8. The van der Waals surface area contributed by atoms with Crippen LogP contribution in [0.4, 0.5) is 11.4 Å². The van der Waals surface area contributed by atoms with Crippen molar-refractivity contribution in [2.24, 2.45) is 0 Å². The number of nitrogens with one attached hydrogen (secondary N) is 2. The van der Waals surface area contributed by atoms with E-state index in [9.17, 15) is 9.59 Å². The number of rotatable bonds is 6. The van der Waals surface area contributed by atoms with Gasteiger partial charge in [0.15, 0.2) is 5.16 Å². The molecule has 4 rings (SSSR count). The maximum Gasteiger partial charge on any atom is 0.234 e. The molecule has 0 radical (unpaired) electrons. The van der Waals surface area contributed by atoms with Crippen LogP contribution in [-0.2, 0) is 9.59 Å². The Kier molecular flexibility index (Phi) is 6.38. The highest BCUT2D eigenvalue weighted by Crippen LogP contribution is 2.35. The van der Waals surface area contributed by atoms with Gasteiger partial charge < -0.3 is 15.2 Å². The number of para-hydroxylation sites is 2. The summed E-state index contributed by atoms with van der Waals surface area (Å²) < 4.78 is 2.34. The van der Waals surface area contributed by atoms with Gasteiger partial charge in [0, 0.05) is 24.3 Å². The standard InChI is InChI=1S/C23H26N4O2S/c1-16(28)24-17-8-7-9-18(14-17)25-22(29)15-30-23-26-20-12-5-6-13-21(20)27(23)19-10-3-2-4-11-19/h5-9,12-14,19H,2-4,10-11,15H2,1H3,(H,24,28)(H,25,29). The van der Waals surface area contributed by atoms with Crippen LogP contribution in [0.2, 0.25) is 0 Å². The Morgan fingerprint density at radius 1 is 1.03 bits per heavy atom. The molecule has 1 heterocycles. The number of imidazole rings is 1. The van der Waals surface area contributed by atoms with Gasteiger partial charge in [-0.15, -0.1) is 0 Å². The Hall–Kier alpha value is -2.80. The minimum absolute atomic E-state index is 0.0952. The van der Waals surface area contributed by atoms with Crippen LogP contribution in [0.1, 0.15) is 45.1 Å². The van der Waals surface area contributed by atoms with Crippen molar-refractivity contribution in [1.29, 1.82) is 0 Å². The van der Waals surface area contributed by atoms with Gasteiger partial charge in [-0.05, 0) is 43.2 Å². The van der Waals surface area contributed by atoms with Crippen molar-refractivity contribution in [3.05, 3.63) is 48.5 Å². The van der Waals surface area contributed by atoms with E-state index in [1.165, 1.54) is 37.9 Å². The van der Waals surface area contributed by atoms with Crippen LogP contribution in [0, 0.1) is 0 Å². The second-order valence-corrected chi connectivity index (χ2v) is 8.59. The Morgan fingerprint density at radius 3 is 2.53 bits per heavy atom. The normalized spacial score (nSPS) is 14.6. The molecule has 0 spiro atoms. The van der Waals surface area contributed by atoms with Crippen LogP contribution in [0.15, 0.2) is 53.7 Å². The predicted octanol–water partition coefficient (Wildman–Crippen LogP) is 5.23. The summed E-state index contributed by atoms with van der Waals surface area (Å²) in [5.41, 5.74) is 3.45. The fraction of sp³-hybridized carbons (Fsp3) is 0.348. The van der Waals surface area contributed by atoms with Gasteiger partial charge in [0.05, 0.1) is 16.8 Å². The molecule has 0 atom stereocenters. The van der Waals surface area contributed by atoms with E-state index in [4.69, 9.17) is 4.98 Å². The summed E-state index contributed by atoms with van der Waals surface area (Å²) in [7, 11) is 0. The average Bonchev–Trinajstić information content (AvgIpc) is 3.11. The maximum absolute atomic E-state index is 12.6. The van der Waals surface area contributed by atoms with E-state index in [1.54, 1.807) is 18.2 Å². The van der Waals surface area contributed by atoms with E-state index in [0.29, 0.717) is 17.4 Å². The lowest BCUT2D eigenvalue weighted by Crippen LogP contribution is -2.17. The third-order valence-electron chi connectivity index (χ3n) is 5.30. The van der Waals surface area contributed by atoms with E-state index in [-0.39, 0.29) is 17.6 Å². The molecule has 1 aromatic heterocycles. The maximum atomic E-state index is 12.6. The quantitative estimate of drug-likeness (QED) is 0.533. The topological polar surface area (TPSA) is 76.0 Å². The van der Waals surface area contributed by atoms with Crippen molar-refractivity contribution in [1.82, 2.24) is 9.55 Å². The highest BCUT2D eigenvalue weighted by molar-refractivity contribution is 7.99. The molecule has 30 heavy (non-hydrogen) atoms. The van der Waals surface area contributed by atoms with Crippen LogP contribution >= 0.6 is 11.8 Å². The molecule has 6 nitrogen and oxygen atoms in total. The number of thioether (sulfide) groups is 1. The second-order valence-electron chi connectivity index (χ2n) is 7.64. The molecule has 1 aliphatic carbocycles. The highest BCUT2D eigenvalue weighted by Gasteiger charge is 2.22. The van der Waals surface area contributed by atoms with Gasteiger partial charge in [-0.2, -0.15) is 0 Å². The first kappa shape index (κ1) is 20.5. The highest BCUT2D eigenvalue weighted by atomic mass is 32.2. The summed E-state index contributed by atoms with van der Waals surface area (Å²) in [6.07, 6.45) is 6.11. The molecule has 1 saturated carbocycles. The molecule has 1 fully saturated rings. The lowest BCUT2D eigenvalue weighted by molar-refractivity contribution is -0.114. The first-order valence-electron chi connectivity index (χ1n) is 10.4. The van der Waals surface area contributed by atoms with Crippen LogP contribution < -0.4 is 10.6 Å². The van der Waals surface area contributed by atoms with Crippen LogP contribution in [0.25, 0.3) is 11.0 Å². The SMILES string of the molecule is CC(=O)Nc1cccc(NC(=O)CSc2nc3ccccc3n2C2CCCCC2)c1.